The van der Waals surface area contributed by atoms with Gasteiger partial charge in [0.2, 0.25) is 0 Å². The average molecular weight is 284 g/mol. The molecule has 3 N–H and O–H groups in total. The molecular formula is C11H14ClN5O2. The van der Waals surface area contributed by atoms with Crippen molar-refractivity contribution in [3.63, 3.8) is 0 Å². The fourth-order valence-corrected chi connectivity index (χ4v) is 1.84. The second-order valence-corrected chi connectivity index (χ2v) is 4.34. The van der Waals surface area contributed by atoms with Crippen molar-refractivity contribution >= 4 is 17.3 Å². The molecule has 2 heterocycles. The number of aliphatic hydroxyl groups excluding tert-OH is 1. The summed E-state index contributed by atoms with van der Waals surface area (Å²) < 4.78 is 1.12. The second-order valence-electron chi connectivity index (χ2n) is 3.96. The highest BCUT2D eigenvalue weighted by Crippen LogP contribution is 2.20. The van der Waals surface area contributed by atoms with E-state index in [1.807, 2.05) is 6.92 Å². The molecule has 0 saturated heterocycles. The van der Waals surface area contributed by atoms with Crippen LogP contribution < -0.4 is 10.9 Å². The molecule has 2 aromatic rings. The third-order valence-corrected chi connectivity index (χ3v) is 2.96. The van der Waals surface area contributed by atoms with Gasteiger partial charge in [0.1, 0.15) is 10.8 Å². The topological polar surface area (TPSA) is 95.8 Å². The second kappa shape index (κ2) is 5.85. The Hall–Kier alpha value is -1.86. The molecule has 8 heteroatoms. The summed E-state index contributed by atoms with van der Waals surface area (Å²) >= 11 is 5.99. The molecule has 0 aromatic carbocycles. The molecule has 0 spiro atoms. The zero-order valence-electron chi connectivity index (χ0n) is 10.3. The van der Waals surface area contributed by atoms with E-state index in [1.54, 1.807) is 12.4 Å². The van der Waals surface area contributed by atoms with Crippen LogP contribution in [-0.4, -0.2) is 31.5 Å². The van der Waals surface area contributed by atoms with Crippen LogP contribution in [0.15, 0.2) is 23.4 Å². The van der Waals surface area contributed by atoms with Crippen LogP contribution in [0, 0.1) is 0 Å². The SMILES string of the molecule is CC(Nc1cnn(CCO)c(=O)c1Cl)c1ncc[nH]1. The van der Waals surface area contributed by atoms with E-state index in [2.05, 4.69) is 20.4 Å². The van der Waals surface area contributed by atoms with Gasteiger partial charge in [0.15, 0.2) is 0 Å². The predicted molar refractivity (Wildman–Crippen MR) is 71.2 cm³/mol. The first-order valence-corrected chi connectivity index (χ1v) is 6.13. The van der Waals surface area contributed by atoms with Crippen LogP contribution in [0.2, 0.25) is 5.02 Å². The van der Waals surface area contributed by atoms with Crippen molar-refractivity contribution in [3.8, 4) is 0 Å². The van der Waals surface area contributed by atoms with Crippen LogP contribution in [0.25, 0.3) is 0 Å². The van der Waals surface area contributed by atoms with Crippen molar-refractivity contribution < 1.29 is 5.11 Å². The van der Waals surface area contributed by atoms with E-state index in [0.29, 0.717) is 5.69 Å². The largest absolute Gasteiger partial charge is 0.394 e. The molecule has 0 fully saturated rings. The summed E-state index contributed by atoms with van der Waals surface area (Å²) in [6.07, 6.45) is 4.82. The Morgan fingerprint density at radius 1 is 1.63 bits per heavy atom. The Balaban J connectivity index is 2.22. The summed E-state index contributed by atoms with van der Waals surface area (Å²) in [5, 5.41) is 15.8. The van der Waals surface area contributed by atoms with E-state index in [4.69, 9.17) is 16.7 Å². The molecule has 2 rings (SSSR count). The zero-order valence-corrected chi connectivity index (χ0v) is 11.1. The van der Waals surface area contributed by atoms with Crippen molar-refractivity contribution in [1.82, 2.24) is 19.7 Å². The Morgan fingerprint density at radius 3 is 3.05 bits per heavy atom. The Kier molecular flexibility index (Phi) is 4.18. The molecule has 0 aliphatic heterocycles. The number of imidazole rings is 1. The number of nitrogens with zero attached hydrogens (tertiary/aromatic N) is 3. The molecule has 102 valence electrons. The van der Waals surface area contributed by atoms with Crippen LogP contribution >= 0.6 is 11.6 Å². The lowest BCUT2D eigenvalue weighted by Crippen LogP contribution is -2.26. The summed E-state index contributed by atoms with van der Waals surface area (Å²) in [4.78, 5) is 18.9. The van der Waals surface area contributed by atoms with Crippen molar-refractivity contribution in [2.45, 2.75) is 19.5 Å². The molecule has 0 aliphatic rings. The molecule has 0 saturated carbocycles. The van der Waals surface area contributed by atoms with Crippen LogP contribution in [0.3, 0.4) is 0 Å². The number of aromatic amines is 1. The Morgan fingerprint density at radius 2 is 2.42 bits per heavy atom. The van der Waals surface area contributed by atoms with Gasteiger partial charge in [0.25, 0.3) is 5.56 Å². The molecule has 0 aliphatic carbocycles. The molecule has 7 nitrogen and oxygen atoms in total. The number of hydrogen-bond acceptors (Lipinski definition) is 5. The summed E-state index contributed by atoms with van der Waals surface area (Å²) in [5.41, 5.74) is -0.00267. The van der Waals surface area contributed by atoms with Gasteiger partial charge in [-0.25, -0.2) is 9.67 Å². The zero-order chi connectivity index (χ0) is 13.8. The molecule has 19 heavy (non-hydrogen) atoms. The molecule has 1 atom stereocenters. The number of rotatable bonds is 5. The van der Waals surface area contributed by atoms with Gasteiger partial charge in [0, 0.05) is 12.4 Å². The lowest BCUT2D eigenvalue weighted by molar-refractivity contribution is 0.266. The lowest BCUT2D eigenvalue weighted by atomic mass is 10.3. The van der Waals surface area contributed by atoms with Gasteiger partial charge in [-0.2, -0.15) is 5.10 Å². The fourth-order valence-electron chi connectivity index (χ4n) is 1.64. The maximum atomic E-state index is 11.8. The van der Waals surface area contributed by atoms with E-state index in [9.17, 15) is 4.79 Å². The minimum Gasteiger partial charge on any atom is -0.394 e. The minimum absolute atomic E-state index is 0.0434. The van der Waals surface area contributed by atoms with Gasteiger partial charge in [-0.1, -0.05) is 11.6 Å². The first-order chi connectivity index (χ1) is 9.13. The molecule has 1 unspecified atom stereocenters. The van der Waals surface area contributed by atoms with Gasteiger partial charge in [0.05, 0.1) is 31.1 Å². The monoisotopic (exact) mass is 283 g/mol. The Bertz CT molecular complexity index is 596. The third kappa shape index (κ3) is 2.94. The lowest BCUT2D eigenvalue weighted by Gasteiger charge is -2.14. The van der Waals surface area contributed by atoms with E-state index < -0.39 is 5.56 Å². The summed E-state index contributed by atoms with van der Waals surface area (Å²) in [7, 11) is 0. The highest BCUT2D eigenvalue weighted by atomic mass is 35.5. The van der Waals surface area contributed by atoms with Crippen molar-refractivity contribution in [2.75, 3.05) is 11.9 Å². The van der Waals surface area contributed by atoms with Gasteiger partial charge < -0.3 is 15.4 Å². The van der Waals surface area contributed by atoms with Gasteiger partial charge in [-0.15, -0.1) is 0 Å². The standard InChI is InChI=1S/C11H14ClN5O2/c1-7(10-13-2-3-14-10)16-8-6-15-17(4-5-18)11(19)9(8)12/h2-3,6-7,16,18H,4-5H2,1H3,(H,13,14). The van der Waals surface area contributed by atoms with E-state index in [-0.39, 0.29) is 24.2 Å². The molecule has 0 amide bonds. The summed E-state index contributed by atoms with van der Waals surface area (Å²) in [6.45, 7) is 1.83. The van der Waals surface area contributed by atoms with Gasteiger partial charge in [-0.05, 0) is 6.92 Å². The predicted octanol–water partition coefficient (Wildman–Crippen LogP) is 0.785. The molecular weight excluding hydrogens is 270 g/mol. The number of anilines is 1. The summed E-state index contributed by atoms with van der Waals surface area (Å²) in [6, 6.07) is -0.137. The first kappa shape index (κ1) is 13.6. The average Bonchev–Trinajstić information content (AvgIpc) is 2.92. The molecule has 0 bridgehead atoms. The van der Waals surface area contributed by atoms with Crippen LogP contribution in [0.4, 0.5) is 5.69 Å². The highest BCUT2D eigenvalue weighted by Gasteiger charge is 2.13. The van der Waals surface area contributed by atoms with Crippen LogP contribution in [0.1, 0.15) is 18.8 Å². The molecule has 2 aromatic heterocycles. The maximum absolute atomic E-state index is 11.8. The van der Waals surface area contributed by atoms with Crippen molar-refractivity contribution in [1.29, 1.82) is 0 Å². The smallest absolute Gasteiger partial charge is 0.287 e. The maximum Gasteiger partial charge on any atom is 0.287 e. The Labute approximate surface area is 114 Å². The van der Waals surface area contributed by atoms with E-state index in [1.165, 1.54) is 6.20 Å². The number of halogens is 1. The number of H-pyrrole nitrogens is 1. The van der Waals surface area contributed by atoms with Gasteiger partial charge in [-0.3, -0.25) is 4.79 Å². The number of aromatic nitrogens is 4. The highest BCUT2D eigenvalue weighted by molar-refractivity contribution is 6.32. The van der Waals surface area contributed by atoms with E-state index in [0.717, 1.165) is 10.5 Å². The van der Waals surface area contributed by atoms with Crippen molar-refractivity contribution in [2.24, 2.45) is 0 Å². The fraction of sp³-hybridized carbons (Fsp3) is 0.364. The quantitative estimate of drug-likeness (QED) is 0.754. The van der Waals surface area contributed by atoms with Crippen molar-refractivity contribution in [3.05, 3.63) is 39.8 Å². The summed E-state index contributed by atoms with van der Waals surface area (Å²) in [5.74, 6) is 0.732. The number of hydrogen-bond donors (Lipinski definition) is 3. The van der Waals surface area contributed by atoms with Crippen LogP contribution in [0.5, 0.6) is 0 Å². The number of nitrogens with one attached hydrogen (secondary N) is 2. The first-order valence-electron chi connectivity index (χ1n) is 5.75. The van der Waals surface area contributed by atoms with Crippen LogP contribution in [-0.2, 0) is 6.54 Å². The molecule has 0 radical (unpaired) electrons. The van der Waals surface area contributed by atoms with Gasteiger partial charge >= 0.3 is 0 Å². The normalized spacial score (nSPS) is 12.4. The minimum atomic E-state index is -0.438. The number of aliphatic hydroxyl groups is 1. The third-order valence-electron chi connectivity index (χ3n) is 2.60. The van der Waals surface area contributed by atoms with E-state index >= 15 is 0 Å².